The van der Waals surface area contributed by atoms with Gasteiger partial charge in [-0.3, -0.25) is 14.3 Å². The lowest BCUT2D eigenvalue weighted by molar-refractivity contribution is -0.119. The molecule has 2 aliphatic heterocycles. The standard InChI is InChI=1S/C26H24F2N6O3/c27-25(28)37-22-4-2-1-3-18(22)20-7-8-33-24(36)19-6-5-16(10-21(19)34(20)33)17-13-31-26(32-14-17)30-12-15-9-23(35)29-11-15/h1-6,10,13-15,20,25H,7-9,11-12H2,(H,29,35)(H,30,31,32)/t15-,20-/m1/s1. The van der Waals surface area contributed by atoms with Gasteiger partial charge in [0.15, 0.2) is 0 Å². The number of amides is 1. The van der Waals surface area contributed by atoms with E-state index in [1.54, 1.807) is 41.3 Å². The molecule has 1 saturated heterocycles. The number of para-hydroxylation sites is 1. The highest BCUT2D eigenvalue weighted by Crippen LogP contribution is 2.37. The number of ether oxygens (including phenoxy) is 1. The van der Waals surface area contributed by atoms with Crippen molar-refractivity contribution in [1.29, 1.82) is 0 Å². The minimum atomic E-state index is -2.94. The van der Waals surface area contributed by atoms with Gasteiger partial charge in [0, 0.05) is 55.5 Å². The molecule has 9 nitrogen and oxygen atoms in total. The third kappa shape index (κ3) is 4.30. The first kappa shape index (κ1) is 23.1. The topological polar surface area (TPSA) is 103 Å². The Balaban J connectivity index is 1.31. The maximum atomic E-state index is 13.1. The van der Waals surface area contributed by atoms with Crippen molar-refractivity contribution in [1.82, 2.24) is 24.6 Å². The number of benzene rings is 2. The Morgan fingerprint density at radius 3 is 2.68 bits per heavy atom. The van der Waals surface area contributed by atoms with Crippen molar-refractivity contribution in [2.45, 2.75) is 32.0 Å². The van der Waals surface area contributed by atoms with Gasteiger partial charge in [0.25, 0.3) is 5.56 Å². The second-order valence-corrected chi connectivity index (χ2v) is 9.28. The molecule has 2 aromatic carbocycles. The first-order valence-corrected chi connectivity index (χ1v) is 12.1. The molecular weight excluding hydrogens is 482 g/mol. The summed E-state index contributed by atoms with van der Waals surface area (Å²) in [4.78, 5) is 33.3. The number of nitrogens with one attached hydrogen (secondary N) is 2. The average Bonchev–Trinajstić information content (AvgIpc) is 3.59. The zero-order valence-electron chi connectivity index (χ0n) is 19.7. The van der Waals surface area contributed by atoms with Gasteiger partial charge in [0.2, 0.25) is 11.9 Å². The van der Waals surface area contributed by atoms with E-state index in [4.69, 9.17) is 4.74 Å². The largest absolute Gasteiger partial charge is 0.434 e. The van der Waals surface area contributed by atoms with Crippen LogP contribution in [0.5, 0.6) is 5.75 Å². The Morgan fingerprint density at radius 1 is 1.11 bits per heavy atom. The van der Waals surface area contributed by atoms with E-state index in [0.29, 0.717) is 54.9 Å². The molecule has 1 fully saturated rings. The van der Waals surface area contributed by atoms with E-state index in [1.165, 1.54) is 6.07 Å². The van der Waals surface area contributed by atoms with Crippen LogP contribution >= 0.6 is 0 Å². The predicted octanol–water partition coefficient (Wildman–Crippen LogP) is 3.40. The molecule has 0 unspecified atom stereocenters. The van der Waals surface area contributed by atoms with E-state index >= 15 is 0 Å². The van der Waals surface area contributed by atoms with Gasteiger partial charge in [-0.25, -0.2) is 14.6 Å². The number of hydrogen-bond donors (Lipinski definition) is 2. The number of aromatic nitrogens is 4. The molecule has 0 aliphatic carbocycles. The molecule has 2 N–H and O–H groups in total. The van der Waals surface area contributed by atoms with Crippen molar-refractivity contribution in [3.63, 3.8) is 0 Å². The highest BCUT2D eigenvalue weighted by atomic mass is 19.3. The number of nitrogens with zero attached hydrogens (tertiary/aromatic N) is 4. The zero-order chi connectivity index (χ0) is 25.5. The summed E-state index contributed by atoms with van der Waals surface area (Å²) in [6.45, 7) is -1.22. The number of fused-ring (bicyclic) bond motifs is 3. The van der Waals surface area contributed by atoms with E-state index in [2.05, 4.69) is 20.6 Å². The second-order valence-electron chi connectivity index (χ2n) is 9.28. The van der Waals surface area contributed by atoms with Crippen LogP contribution in [0.4, 0.5) is 14.7 Å². The van der Waals surface area contributed by atoms with Crippen LogP contribution in [0.1, 0.15) is 24.4 Å². The Kier molecular flexibility index (Phi) is 5.82. The quantitative estimate of drug-likeness (QED) is 0.398. The molecule has 1 amide bonds. The van der Waals surface area contributed by atoms with Gasteiger partial charge >= 0.3 is 6.61 Å². The predicted molar refractivity (Wildman–Crippen MR) is 133 cm³/mol. The monoisotopic (exact) mass is 506 g/mol. The lowest BCUT2D eigenvalue weighted by Crippen LogP contribution is -2.18. The molecule has 4 heterocycles. The normalized spacial score (nSPS) is 18.8. The molecule has 37 heavy (non-hydrogen) atoms. The molecule has 0 radical (unpaired) electrons. The smallest absolute Gasteiger partial charge is 0.387 e. The molecule has 2 aliphatic rings. The van der Waals surface area contributed by atoms with Gasteiger partial charge in [0.1, 0.15) is 5.75 Å². The third-order valence-electron chi connectivity index (χ3n) is 6.97. The SMILES string of the molecule is O=C1C[C@@H](CNc2ncc(-c3ccc4c(=O)n5n(c4c3)[C@@H](c3ccccc3OC(F)F)CC5)cn2)CN1. The van der Waals surface area contributed by atoms with Crippen molar-refractivity contribution < 1.29 is 18.3 Å². The second kappa shape index (κ2) is 9.30. The fourth-order valence-corrected chi connectivity index (χ4v) is 5.22. The zero-order valence-corrected chi connectivity index (χ0v) is 19.7. The number of rotatable bonds is 7. The molecule has 6 rings (SSSR count). The van der Waals surface area contributed by atoms with Gasteiger partial charge in [-0.15, -0.1) is 0 Å². The van der Waals surface area contributed by atoms with Crippen molar-refractivity contribution in [3.05, 3.63) is 70.8 Å². The summed E-state index contributed by atoms with van der Waals surface area (Å²) in [5, 5.41) is 6.53. The maximum Gasteiger partial charge on any atom is 0.387 e. The van der Waals surface area contributed by atoms with Gasteiger partial charge in [-0.2, -0.15) is 8.78 Å². The van der Waals surface area contributed by atoms with Crippen LogP contribution < -0.4 is 20.9 Å². The van der Waals surface area contributed by atoms with E-state index < -0.39 is 6.61 Å². The highest BCUT2D eigenvalue weighted by molar-refractivity contribution is 5.84. The molecule has 0 spiro atoms. The van der Waals surface area contributed by atoms with Crippen molar-refractivity contribution in [3.8, 4) is 16.9 Å². The molecule has 2 aromatic heterocycles. The Hall–Kier alpha value is -4.28. The number of anilines is 1. The molecule has 4 aromatic rings. The van der Waals surface area contributed by atoms with Gasteiger partial charge < -0.3 is 15.4 Å². The Bertz CT molecular complexity index is 1530. The fourth-order valence-electron chi connectivity index (χ4n) is 5.22. The molecular formula is C26H24F2N6O3. The lowest BCUT2D eigenvalue weighted by atomic mass is 10.0. The van der Waals surface area contributed by atoms with Crippen molar-refractivity contribution >= 4 is 22.8 Å². The van der Waals surface area contributed by atoms with E-state index in [0.717, 1.165) is 11.1 Å². The highest BCUT2D eigenvalue weighted by Gasteiger charge is 2.30. The summed E-state index contributed by atoms with van der Waals surface area (Å²) >= 11 is 0. The fraction of sp³-hybridized carbons (Fsp3) is 0.308. The first-order chi connectivity index (χ1) is 18.0. The van der Waals surface area contributed by atoms with Gasteiger partial charge in [-0.1, -0.05) is 24.3 Å². The first-order valence-electron chi connectivity index (χ1n) is 12.1. The number of carbonyl (C=O) groups is 1. The van der Waals surface area contributed by atoms with Crippen LogP contribution in [0.15, 0.2) is 59.7 Å². The van der Waals surface area contributed by atoms with Gasteiger partial charge in [0.05, 0.1) is 16.9 Å². The van der Waals surface area contributed by atoms with E-state index in [9.17, 15) is 18.4 Å². The number of carbonyl (C=O) groups excluding carboxylic acids is 1. The molecule has 2 atom stereocenters. The van der Waals surface area contributed by atoms with Crippen LogP contribution in [0.2, 0.25) is 0 Å². The summed E-state index contributed by atoms with van der Waals surface area (Å²) in [5.74, 6) is 0.844. The molecule has 11 heteroatoms. The van der Waals surface area contributed by atoms with Crippen LogP contribution in [0.25, 0.3) is 22.0 Å². The molecule has 0 bridgehead atoms. The Labute approximate surface area is 210 Å². The van der Waals surface area contributed by atoms with E-state index in [1.807, 2.05) is 16.8 Å². The number of halogens is 2. The number of alkyl halides is 2. The molecule has 190 valence electrons. The van der Waals surface area contributed by atoms with E-state index in [-0.39, 0.29) is 29.2 Å². The van der Waals surface area contributed by atoms with Crippen LogP contribution in [-0.4, -0.2) is 44.9 Å². The van der Waals surface area contributed by atoms with Crippen LogP contribution in [0, 0.1) is 5.92 Å². The minimum Gasteiger partial charge on any atom is -0.434 e. The minimum absolute atomic E-state index is 0.0574. The third-order valence-corrected chi connectivity index (χ3v) is 6.97. The summed E-state index contributed by atoms with van der Waals surface area (Å²) < 4.78 is 34.4. The number of hydrogen-bond acceptors (Lipinski definition) is 6. The van der Waals surface area contributed by atoms with Gasteiger partial charge in [-0.05, 0) is 30.2 Å². The average molecular weight is 507 g/mol. The molecule has 0 saturated carbocycles. The summed E-state index contributed by atoms with van der Waals surface area (Å²) in [7, 11) is 0. The summed E-state index contributed by atoms with van der Waals surface area (Å²) in [6, 6.07) is 11.9. The van der Waals surface area contributed by atoms with Crippen LogP contribution in [0.3, 0.4) is 0 Å². The maximum absolute atomic E-state index is 13.1. The summed E-state index contributed by atoms with van der Waals surface area (Å²) in [5.41, 5.74) is 2.79. The van der Waals surface area contributed by atoms with Crippen molar-refractivity contribution in [2.75, 3.05) is 18.4 Å². The van der Waals surface area contributed by atoms with Crippen molar-refractivity contribution in [2.24, 2.45) is 5.92 Å². The Morgan fingerprint density at radius 2 is 1.92 bits per heavy atom. The lowest BCUT2D eigenvalue weighted by Gasteiger charge is -2.18. The van der Waals surface area contributed by atoms with Crippen LogP contribution in [-0.2, 0) is 11.3 Å². The summed E-state index contributed by atoms with van der Waals surface area (Å²) in [6.07, 6.45) is 4.49.